The third kappa shape index (κ3) is 17.4. The first-order chi connectivity index (χ1) is 57.3. The number of carbonyl (C=O) groups is 6. The number of benzene rings is 6. The molecule has 36 heteroatoms. The minimum atomic E-state index is -3.21. The van der Waals surface area contributed by atoms with Crippen LogP contribution in [0.4, 0.5) is 71.0 Å². The predicted octanol–water partition coefficient (Wildman–Crippen LogP) is 16.7. The number of imidazole rings is 3. The Balaban J connectivity index is 0.000000156. The van der Waals surface area contributed by atoms with Gasteiger partial charge in [-0.15, -0.1) is 0 Å². The third-order valence-corrected chi connectivity index (χ3v) is 23.8. The lowest BCUT2D eigenvalue weighted by Crippen LogP contribution is -2.42. The first kappa shape index (κ1) is 86.4. The molecule has 3 saturated carbocycles. The second-order valence-electron chi connectivity index (χ2n) is 31.0. The molecule has 0 radical (unpaired) electrons. The second kappa shape index (κ2) is 36.3. The molecule has 0 saturated heterocycles. The third-order valence-electron chi connectivity index (χ3n) is 23.8. The number of aliphatic hydroxyl groups is 3. The maximum absolute atomic E-state index is 14.3. The number of hydrogen-bond acceptors (Lipinski definition) is 18. The molecule has 6 heterocycles. The summed E-state index contributed by atoms with van der Waals surface area (Å²) < 4.78 is 156. The van der Waals surface area contributed by atoms with Crippen molar-refractivity contribution in [3.05, 3.63) is 159 Å². The molecule has 642 valence electrons. The SMILES string of the molecule is COC(=O)N1c2ccc3c(nc([C@@H](O)c4cc(F)ccc4OC(F)F)n3C3CCC[C@@H](C(=O)O)C3)c2CC[C@@H]1C.COC(=O)N1c2ccc3c(nc([C@@H](O)c4cc(F)ccc4OC(F)F)n3C3CCC[C@@H](C(=O)O)C3)c2CC[C@H]1C.COC(=O)N1c2ccc3c(nc([C@H](O)c4cc(F)ccc4OC(F)F)n3C3CCC[C@@H](C(=O)O)C3)c2CC[C@H]1C. The lowest BCUT2D eigenvalue weighted by Gasteiger charge is -2.34. The summed E-state index contributed by atoms with van der Waals surface area (Å²) in [5, 5.41) is 63.8. The maximum atomic E-state index is 14.3. The Kier molecular flexibility index (Phi) is 26.1. The molecule has 3 aromatic heterocycles. The second-order valence-corrected chi connectivity index (χ2v) is 31.0. The molecule has 3 aliphatic heterocycles. The molecule has 0 bridgehead atoms. The number of aryl methyl sites for hydroxylation is 3. The highest BCUT2D eigenvalue weighted by Crippen LogP contribution is 2.49. The van der Waals surface area contributed by atoms with Gasteiger partial charge >= 0.3 is 56.0 Å². The van der Waals surface area contributed by atoms with Gasteiger partial charge in [0.1, 0.15) is 70.5 Å². The average molecular weight is 1680 g/mol. The zero-order chi connectivity index (χ0) is 86.1. The molecule has 6 N–H and O–H groups in total. The highest BCUT2D eigenvalue weighted by atomic mass is 19.3. The number of rotatable bonds is 18. The van der Waals surface area contributed by atoms with Crippen LogP contribution in [0.1, 0.15) is 204 Å². The van der Waals surface area contributed by atoms with Gasteiger partial charge in [-0.3, -0.25) is 29.1 Å². The van der Waals surface area contributed by atoms with Crippen LogP contribution in [0.3, 0.4) is 0 Å². The summed E-state index contributed by atoms with van der Waals surface area (Å²) in [6.07, 6.45) is 2.94. The van der Waals surface area contributed by atoms with E-state index in [0.717, 1.165) is 71.3 Å². The summed E-state index contributed by atoms with van der Waals surface area (Å²) >= 11 is 0. The molecule has 0 spiro atoms. The van der Waals surface area contributed by atoms with Gasteiger partial charge in [-0.25, -0.2) is 42.5 Å². The fraction of sp³-hybridized carbons (Fsp3) is 0.464. The topological polar surface area (TPSA) is 342 Å². The molecule has 12 atom stereocenters. The number of carbonyl (C=O) groups excluding carboxylic acids is 3. The van der Waals surface area contributed by atoms with Gasteiger partial charge in [0.2, 0.25) is 0 Å². The van der Waals surface area contributed by atoms with Crippen molar-refractivity contribution < 1.29 is 127 Å². The first-order valence-electron chi connectivity index (χ1n) is 39.5. The maximum Gasteiger partial charge on any atom is 0.414 e. The Morgan fingerprint density at radius 1 is 0.383 bits per heavy atom. The largest absolute Gasteiger partial charge is 0.481 e. The van der Waals surface area contributed by atoms with Crippen molar-refractivity contribution in [3.8, 4) is 17.2 Å². The summed E-state index contributed by atoms with van der Waals surface area (Å²) in [4.78, 5) is 92.3. The van der Waals surface area contributed by atoms with E-state index in [0.29, 0.717) is 146 Å². The van der Waals surface area contributed by atoms with Crippen LogP contribution >= 0.6 is 0 Å². The van der Waals surface area contributed by atoms with Crippen molar-refractivity contribution in [3.63, 3.8) is 0 Å². The summed E-state index contributed by atoms with van der Waals surface area (Å²) in [6, 6.07) is 17.7. The number of aromatic nitrogens is 6. The first-order valence-corrected chi connectivity index (χ1v) is 39.5. The van der Waals surface area contributed by atoms with Gasteiger partial charge in [0.05, 0.1) is 89.2 Å². The van der Waals surface area contributed by atoms with Gasteiger partial charge in [-0.1, -0.05) is 19.3 Å². The number of nitrogens with zero attached hydrogens (tertiary/aromatic N) is 9. The Morgan fingerprint density at radius 3 is 0.875 bits per heavy atom. The molecule has 9 aromatic rings. The highest BCUT2D eigenvalue weighted by molar-refractivity contribution is 5.98. The molecule has 15 rings (SSSR count). The van der Waals surface area contributed by atoms with E-state index in [1.807, 2.05) is 20.8 Å². The van der Waals surface area contributed by atoms with Crippen LogP contribution in [0.2, 0.25) is 0 Å². The van der Waals surface area contributed by atoms with Crippen molar-refractivity contribution in [1.82, 2.24) is 28.7 Å². The predicted molar refractivity (Wildman–Crippen MR) is 414 cm³/mol. The highest BCUT2D eigenvalue weighted by Gasteiger charge is 2.42. The lowest BCUT2D eigenvalue weighted by atomic mass is 9.85. The van der Waals surface area contributed by atoms with E-state index in [2.05, 4.69) is 14.2 Å². The van der Waals surface area contributed by atoms with Crippen molar-refractivity contribution in [2.75, 3.05) is 36.0 Å². The van der Waals surface area contributed by atoms with Gasteiger partial charge in [-0.05, 0) is 208 Å². The van der Waals surface area contributed by atoms with E-state index in [-0.39, 0.29) is 89.7 Å². The van der Waals surface area contributed by atoms with Crippen LogP contribution in [-0.2, 0) is 47.9 Å². The zero-order valence-electron chi connectivity index (χ0n) is 66.1. The molecule has 6 aliphatic rings. The number of amides is 3. The van der Waals surface area contributed by atoms with Crippen LogP contribution in [0, 0.1) is 35.2 Å². The Bertz CT molecular complexity index is 4850. The number of carboxylic acid groups (broad SMARTS) is 3. The monoisotopic (exact) mass is 1680 g/mol. The van der Waals surface area contributed by atoms with Crippen molar-refractivity contribution >= 4 is 86.3 Å². The number of alkyl halides is 6. The van der Waals surface area contributed by atoms with Crippen LogP contribution in [0.5, 0.6) is 17.2 Å². The van der Waals surface area contributed by atoms with Crippen LogP contribution < -0.4 is 28.9 Å². The molecular weight excluding hydrogens is 1590 g/mol. The van der Waals surface area contributed by atoms with Crippen LogP contribution in [0.25, 0.3) is 33.1 Å². The average Bonchev–Trinajstić information content (AvgIpc) is 1.59. The van der Waals surface area contributed by atoms with E-state index in [1.165, 1.54) is 36.0 Å². The molecule has 3 unspecified atom stereocenters. The Labute approximate surface area is 680 Å². The molecule has 3 amide bonds. The Morgan fingerprint density at radius 2 is 0.642 bits per heavy atom. The van der Waals surface area contributed by atoms with Gasteiger partial charge < -0.3 is 72.8 Å². The number of aliphatic carboxylic acids is 3. The standard InChI is InChI=1S/3C28H30F3N3O6/c3*1-14-6-8-18-20(33(14)28(38)39-2)9-10-21-23(18)32-25(34(21)17-5-3-4-15(12-17)26(36)37)24(35)19-13-16(29)7-11-22(19)40-27(30)31/h3*7,9-11,13-15,17,24,27,35H,3-6,8,12H2,1-2H3,(H,36,37)/t14-,15+,17?,24-;14-,15-,17?,24+;14-,15-,17?,24-/m011/s1. The number of hydrogen-bond donors (Lipinski definition) is 6. The van der Waals surface area contributed by atoms with Crippen LogP contribution in [-0.4, -0.2) is 155 Å². The number of carboxylic acids is 3. The number of aliphatic hydroxyl groups excluding tert-OH is 3. The summed E-state index contributed by atoms with van der Waals surface area (Å²) in [5.74, 6) is -7.94. The van der Waals surface area contributed by atoms with E-state index in [9.17, 15) is 98.9 Å². The number of anilines is 3. The smallest absolute Gasteiger partial charge is 0.414 e. The molecule has 3 fully saturated rings. The lowest BCUT2D eigenvalue weighted by molar-refractivity contribution is -0.144. The van der Waals surface area contributed by atoms with E-state index in [1.54, 1.807) is 50.1 Å². The molecule has 6 aromatic carbocycles. The minimum Gasteiger partial charge on any atom is -0.481 e. The summed E-state index contributed by atoms with van der Waals surface area (Å²) in [6.45, 7) is -3.91. The zero-order valence-corrected chi connectivity index (χ0v) is 66.1. The van der Waals surface area contributed by atoms with E-state index in [4.69, 9.17) is 29.2 Å². The normalized spacial score (nSPS) is 21.8. The van der Waals surface area contributed by atoms with Gasteiger partial charge in [0.15, 0.2) is 0 Å². The summed E-state index contributed by atoms with van der Waals surface area (Å²) in [7, 11) is 3.89. The minimum absolute atomic E-state index is 0.0485. The number of ether oxygens (including phenoxy) is 6. The fourth-order valence-corrected chi connectivity index (χ4v) is 18.2. The number of fused-ring (bicyclic) bond motifs is 9. The molecule has 27 nitrogen and oxygen atoms in total. The fourth-order valence-electron chi connectivity index (χ4n) is 18.2. The number of methoxy groups -OCH3 is 3. The molecule has 120 heavy (non-hydrogen) atoms. The summed E-state index contributed by atoms with van der Waals surface area (Å²) in [5.41, 5.74) is 6.54. The van der Waals surface area contributed by atoms with Crippen molar-refractivity contribution in [2.24, 2.45) is 17.8 Å². The Hall–Kier alpha value is -11.4. The number of halogens is 9. The van der Waals surface area contributed by atoms with Crippen LogP contribution in [0.15, 0.2) is 91.0 Å². The van der Waals surface area contributed by atoms with Gasteiger partial charge in [0, 0.05) is 69.6 Å². The molecule has 3 aliphatic carbocycles. The van der Waals surface area contributed by atoms with Crippen molar-refractivity contribution in [2.45, 2.75) is 211 Å². The van der Waals surface area contributed by atoms with Gasteiger partial charge in [0.25, 0.3) is 0 Å². The van der Waals surface area contributed by atoms with Crippen molar-refractivity contribution in [1.29, 1.82) is 0 Å². The van der Waals surface area contributed by atoms with Gasteiger partial charge in [-0.2, -0.15) is 26.3 Å². The van der Waals surface area contributed by atoms with E-state index >= 15 is 0 Å². The molecular formula is C84H90F9N9O18. The van der Waals surface area contributed by atoms with E-state index < -0.39 is 127 Å². The quantitative estimate of drug-likeness (QED) is 0.0343.